The van der Waals surface area contributed by atoms with Gasteiger partial charge in [-0.25, -0.2) is 4.79 Å². The number of anilines is 1. The summed E-state index contributed by atoms with van der Waals surface area (Å²) in [7, 11) is 1.64. The number of amides is 1. The van der Waals surface area contributed by atoms with Crippen LogP contribution in [0.3, 0.4) is 0 Å². The Hall–Kier alpha value is -2.49. The van der Waals surface area contributed by atoms with Gasteiger partial charge in [0.1, 0.15) is 11.9 Å². The first-order valence-electron chi connectivity index (χ1n) is 9.42. The molecular formula is C22H25NO3. The second kappa shape index (κ2) is 7.02. The standard InChI is InChI=1S/C22H25NO3/c1-3-18-21(16-10-5-4-6-11-16)26-22(24)23(18)20-17-12-8-7-9-15(17)13-14-19(20)25-2/h3,7-9,12-14,16,18,21H,1,4-6,10-11H2,2H3/t18-,21+/m0/s1. The Morgan fingerprint density at radius 2 is 1.92 bits per heavy atom. The van der Waals surface area contributed by atoms with Gasteiger partial charge in [-0.05, 0) is 30.2 Å². The number of cyclic esters (lactones) is 1. The zero-order valence-corrected chi connectivity index (χ0v) is 15.2. The number of methoxy groups -OCH3 is 1. The highest BCUT2D eigenvalue weighted by Crippen LogP contribution is 2.43. The third kappa shape index (κ3) is 2.74. The number of rotatable bonds is 4. The van der Waals surface area contributed by atoms with Crippen molar-refractivity contribution in [3.63, 3.8) is 0 Å². The molecule has 0 radical (unpaired) electrons. The Kier molecular flexibility index (Phi) is 4.58. The highest BCUT2D eigenvalue weighted by atomic mass is 16.6. The predicted octanol–water partition coefficient (Wildman–Crippen LogP) is 5.31. The van der Waals surface area contributed by atoms with Gasteiger partial charge in [0.25, 0.3) is 0 Å². The van der Waals surface area contributed by atoms with E-state index in [1.807, 2.05) is 42.5 Å². The fourth-order valence-electron chi connectivity index (χ4n) is 4.48. The maximum absolute atomic E-state index is 12.9. The monoisotopic (exact) mass is 351 g/mol. The summed E-state index contributed by atoms with van der Waals surface area (Å²) < 4.78 is 11.5. The van der Waals surface area contributed by atoms with Crippen molar-refractivity contribution in [3.05, 3.63) is 49.1 Å². The summed E-state index contributed by atoms with van der Waals surface area (Å²) >= 11 is 0. The Labute approximate surface area is 154 Å². The molecule has 2 aliphatic rings. The molecule has 2 aromatic rings. The van der Waals surface area contributed by atoms with Crippen LogP contribution in [0.4, 0.5) is 10.5 Å². The SMILES string of the molecule is C=C[C@H]1[C@@H](C2CCCCC2)OC(=O)N1c1c(OC)ccc2ccccc12. The molecule has 1 aliphatic carbocycles. The molecule has 1 saturated heterocycles. The maximum Gasteiger partial charge on any atom is 0.415 e. The summed E-state index contributed by atoms with van der Waals surface area (Å²) in [6, 6.07) is 11.8. The highest BCUT2D eigenvalue weighted by Gasteiger charge is 2.46. The number of carbonyl (C=O) groups excluding carboxylic acids is 1. The van der Waals surface area contributed by atoms with Crippen LogP contribution in [0.5, 0.6) is 5.75 Å². The molecule has 2 atom stereocenters. The molecule has 1 aliphatic heterocycles. The molecule has 0 bridgehead atoms. The highest BCUT2D eigenvalue weighted by molar-refractivity contribution is 6.05. The van der Waals surface area contributed by atoms with Gasteiger partial charge in [0.2, 0.25) is 0 Å². The third-order valence-electron chi connectivity index (χ3n) is 5.75. The molecule has 2 fully saturated rings. The summed E-state index contributed by atoms with van der Waals surface area (Å²) in [6.45, 7) is 4.02. The van der Waals surface area contributed by atoms with Gasteiger partial charge >= 0.3 is 6.09 Å². The molecule has 4 heteroatoms. The molecule has 136 valence electrons. The van der Waals surface area contributed by atoms with Crippen molar-refractivity contribution in [3.8, 4) is 5.75 Å². The molecule has 1 amide bonds. The maximum atomic E-state index is 12.9. The first kappa shape index (κ1) is 17.0. The zero-order valence-electron chi connectivity index (χ0n) is 15.2. The molecule has 1 heterocycles. The summed E-state index contributed by atoms with van der Waals surface area (Å²) in [4.78, 5) is 14.7. The van der Waals surface area contributed by atoms with Crippen LogP contribution in [0.15, 0.2) is 49.1 Å². The number of hydrogen-bond donors (Lipinski definition) is 0. The minimum absolute atomic E-state index is 0.135. The van der Waals surface area contributed by atoms with Crippen molar-refractivity contribution < 1.29 is 14.3 Å². The zero-order chi connectivity index (χ0) is 18.1. The number of ether oxygens (including phenoxy) is 2. The third-order valence-corrected chi connectivity index (χ3v) is 5.75. The molecule has 1 saturated carbocycles. The van der Waals surface area contributed by atoms with Gasteiger partial charge in [0.15, 0.2) is 0 Å². The largest absolute Gasteiger partial charge is 0.495 e. The average molecular weight is 351 g/mol. The molecule has 0 spiro atoms. The van der Waals surface area contributed by atoms with Crippen molar-refractivity contribution in [2.75, 3.05) is 12.0 Å². The van der Waals surface area contributed by atoms with E-state index in [-0.39, 0.29) is 18.2 Å². The van der Waals surface area contributed by atoms with E-state index in [1.165, 1.54) is 19.3 Å². The van der Waals surface area contributed by atoms with Crippen molar-refractivity contribution in [2.45, 2.75) is 44.2 Å². The van der Waals surface area contributed by atoms with E-state index in [0.29, 0.717) is 11.7 Å². The topological polar surface area (TPSA) is 38.8 Å². The molecule has 4 nitrogen and oxygen atoms in total. The first-order valence-corrected chi connectivity index (χ1v) is 9.42. The molecule has 4 rings (SSSR count). The Morgan fingerprint density at radius 3 is 2.65 bits per heavy atom. The molecule has 2 aromatic carbocycles. The van der Waals surface area contributed by atoms with Crippen LogP contribution in [0.2, 0.25) is 0 Å². The normalized spacial score (nSPS) is 23.9. The second-order valence-corrected chi connectivity index (χ2v) is 7.18. The van der Waals surface area contributed by atoms with Crippen LogP contribution < -0.4 is 9.64 Å². The van der Waals surface area contributed by atoms with Gasteiger partial charge in [-0.2, -0.15) is 0 Å². The number of benzene rings is 2. The Bertz CT molecular complexity index is 825. The molecule has 26 heavy (non-hydrogen) atoms. The van der Waals surface area contributed by atoms with E-state index >= 15 is 0 Å². The lowest BCUT2D eigenvalue weighted by Crippen LogP contribution is -2.39. The van der Waals surface area contributed by atoms with E-state index in [1.54, 1.807) is 12.0 Å². The van der Waals surface area contributed by atoms with E-state index in [9.17, 15) is 4.79 Å². The fourth-order valence-corrected chi connectivity index (χ4v) is 4.48. The summed E-state index contributed by atoms with van der Waals surface area (Å²) in [6.07, 6.45) is 7.33. The number of hydrogen-bond acceptors (Lipinski definition) is 3. The van der Waals surface area contributed by atoms with Gasteiger partial charge in [-0.3, -0.25) is 4.90 Å². The lowest BCUT2D eigenvalue weighted by molar-refractivity contribution is 0.0804. The van der Waals surface area contributed by atoms with E-state index in [2.05, 4.69) is 6.58 Å². The summed E-state index contributed by atoms with van der Waals surface area (Å²) in [5.41, 5.74) is 0.777. The van der Waals surface area contributed by atoms with Crippen LogP contribution >= 0.6 is 0 Å². The van der Waals surface area contributed by atoms with Crippen molar-refractivity contribution >= 4 is 22.6 Å². The van der Waals surface area contributed by atoms with Crippen LogP contribution in [-0.4, -0.2) is 25.3 Å². The number of nitrogens with zero attached hydrogens (tertiary/aromatic N) is 1. The number of fused-ring (bicyclic) bond motifs is 1. The van der Waals surface area contributed by atoms with Gasteiger partial charge in [-0.1, -0.05) is 55.7 Å². The first-order chi connectivity index (χ1) is 12.7. The minimum atomic E-state index is -0.305. The lowest BCUT2D eigenvalue weighted by Gasteiger charge is -2.30. The molecule has 0 unspecified atom stereocenters. The van der Waals surface area contributed by atoms with E-state index in [0.717, 1.165) is 29.3 Å². The quantitative estimate of drug-likeness (QED) is 0.701. The van der Waals surface area contributed by atoms with Crippen LogP contribution in [-0.2, 0) is 4.74 Å². The Balaban J connectivity index is 1.80. The van der Waals surface area contributed by atoms with Gasteiger partial charge in [0, 0.05) is 5.39 Å². The van der Waals surface area contributed by atoms with Crippen molar-refractivity contribution in [1.29, 1.82) is 0 Å². The van der Waals surface area contributed by atoms with Crippen LogP contribution in [0.1, 0.15) is 32.1 Å². The fraction of sp³-hybridized carbons (Fsp3) is 0.409. The number of carbonyl (C=O) groups is 1. The van der Waals surface area contributed by atoms with Crippen LogP contribution in [0.25, 0.3) is 10.8 Å². The van der Waals surface area contributed by atoms with E-state index in [4.69, 9.17) is 9.47 Å². The predicted molar refractivity (Wildman–Crippen MR) is 104 cm³/mol. The van der Waals surface area contributed by atoms with E-state index < -0.39 is 0 Å². The molecule has 0 aromatic heterocycles. The molecular weight excluding hydrogens is 326 g/mol. The smallest absolute Gasteiger partial charge is 0.415 e. The van der Waals surface area contributed by atoms with Gasteiger partial charge in [-0.15, -0.1) is 6.58 Å². The van der Waals surface area contributed by atoms with Gasteiger partial charge in [0.05, 0.1) is 18.8 Å². The summed E-state index contributed by atoms with van der Waals surface area (Å²) in [5.74, 6) is 1.08. The van der Waals surface area contributed by atoms with Crippen molar-refractivity contribution in [2.24, 2.45) is 5.92 Å². The average Bonchev–Trinajstić information content (AvgIpc) is 3.03. The molecule has 0 N–H and O–H groups in total. The van der Waals surface area contributed by atoms with Gasteiger partial charge < -0.3 is 9.47 Å². The van der Waals surface area contributed by atoms with Crippen molar-refractivity contribution in [1.82, 2.24) is 0 Å². The lowest BCUT2D eigenvalue weighted by atomic mass is 9.82. The minimum Gasteiger partial charge on any atom is -0.495 e. The summed E-state index contributed by atoms with van der Waals surface area (Å²) in [5, 5.41) is 2.06. The van der Waals surface area contributed by atoms with Crippen LogP contribution in [0, 0.1) is 5.92 Å². The second-order valence-electron chi connectivity index (χ2n) is 7.18. The Morgan fingerprint density at radius 1 is 1.15 bits per heavy atom.